The second-order valence-corrected chi connectivity index (χ2v) is 7.71. The van der Waals surface area contributed by atoms with E-state index in [9.17, 15) is 9.18 Å². The molecule has 0 bridgehead atoms. The number of halogens is 1. The molecule has 0 aromatic heterocycles. The fourth-order valence-electron chi connectivity index (χ4n) is 3.83. The van der Waals surface area contributed by atoms with E-state index in [2.05, 4.69) is 24.5 Å². The van der Waals surface area contributed by atoms with Gasteiger partial charge in [-0.25, -0.2) is 9.18 Å². The summed E-state index contributed by atoms with van der Waals surface area (Å²) in [4.78, 5) is 12.5. The molecule has 0 aliphatic heterocycles. The number of fused-ring (bicyclic) bond motifs is 1. The van der Waals surface area contributed by atoms with E-state index in [1.165, 1.54) is 6.07 Å². The van der Waals surface area contributed by atoms with E-state index in [1.54, 1.807) is 42.5 Å². The van der Waals surface area contributed by atoms with Crippen molar-refractivity contribution >= 4 is 16.7 Å². The summed E-state index contributed by atoms with van der Waals surface area (Å²) in [7, 11) is 0. The largest absolute Gasteiger partial charge is 0.423 e. The number of hydrogen-bond acceptors (Lipinski definition) is 2. The lowest BCUT2D eigenvalue weighted by Crippen LogP contribution is -2.11. The van der Waals surface area contributed by atoms with Crippen LogP contribution in [-0.2, 0) is 0 Å². The molecule has 1 aliphatic carbocycles. The third kappa shape index (κ3) is 4.60. The highest BCUT2D eigenvalue weighted by molar-refractivity contribution is 5.92. The summed E-state index contributed by atoms with van der Waals surface area (Å²) < 4.78 is 19.2. The highest BCUT2D eigenvalue weighted by Crippen LogP contribution is 2.29. The van der Waals surface area contributed by atoms with Crippen molar-refractivity contribution in [3.63, 3.8) is 0 Å². The van der Waals surface area contributed by atoms with E-state index in [1.807, 2.05) is 12.1 Å². The molecule has 1 aliphatic rings. The van der Waals surface area contributed by atoms with Crippen LogP contribution >= 0.6 is 0 Å². The van der Waals surface area contributed by atoms with Gasteiger partial charge in [0.1, 0.15) is 11.6 Å². The van der Waals surface area contributed by atoms with Crippen LogP contribution in [-0.4, -0.2) is 5.97 Å². The van der Waals surface area contributed by atoms with Gasteiger partial charge in [0.05, 0.1) is 5.56 Å². The SMILES string of the molecule is C=CC1CCC(C#Cc2ccc(C(=O)Oc3ccc4c(F)cccc4c3)cc2)CC1. The number of rotatable bonds is 3. The van der Waals surface area contributed by atoms with Gasteiger partial charge in [-0.2, -0.15) is 0 Å². The van der Waals surface area contributed by atoms with Crippen molar-refractivity contribution in [2.24, 2.45) is 11.8 Å². The van der Waals surface area contributed by atoms with Crippen molar-refractivity contribution in [1.82, 2.24) is 0 Å². The van der Waals surface area contributed by atoms with Crippen LogP contribution < -0.4 is 4.74 Å². The van der Waals surface area contributed by atoms with Crippen LogP contribution in [0.25, 0.3) is 10.8 Å². The zero-order valence-electron chi connectivity index (χ0n) is 16.7. The van der Waals surface area contributed by atoms with Crippen molar-refractivity contribution < 1.29 is 13.9 Å². The quantitative estimate of drug-likeness (QED) is 0.217. The highest BCUT2D eigenvalue weighted by Gasteiger charge is 2.17. The van der Waals surface area contributed by atoms with E-state index in [0.29, 0.717) is 33.9 Å². The van der Waals surface area contributed by atoms with Crippen LogP contribution in [0.5, 0.6) is 5.75 Å². The number of carbonyl (C=O) groups excluding carboxylic acids is 1. The molecule has 0 spiro atoms. The van der Waals surface area contributed by atoms with Crippen molar-refractivity contribution in [2.45, 2.75) is 25.7 Å². The monoisotopic (exact) mass is 398 g/mol. The molecule has 0 N–H and O–H groups in total. The maximum absolute atomic E-state index is 13.8. The van der Waals surface area contributed by atoms with Crippen LogP contribution in [0.4, 0.5) is 4.39 Å². The van der Waals surface area contributed by atoms with E-state index in [0.717, 1.165) is 31.2 Å². The first-order valence-electron chi connectivity index (χ1n) is 10.3. The maximum atomic E-state index is 13.8. The van der Waals surface area contributed by atoms with Gasteiger partial charge < -0.3 is 4.74 Å². The normalized spacial score (nSPS) is 18.3. The molecular weight excluding hydrogens is 375 g/mol. The van der Waals surface area contributed by atoms with Gasteiger partial charge in [0.25, 0.3) is 0 Å². The average Bonchev–Trinajstić information content (AvgIpc) is 2.78. The number of hydrogen-bond donors (Lipinski definition) is 0. The van der Waals surface area contributed by atoms with Crippen molar-refractivity contribution in [1.29, 1.82) is 0 Å². The molecule has 0 saturated heterocycles. The lowest BCUT2D eigenvalue weighted by atomic mass is 9.82. The summed E-state index contributed by atoms with van der Waals surface area (Å²) in [6.07, 6.45) is 6.61. The van der Waals surface area contributed by atoms with Gasteiger partial charge in [0.2, 0.25) is 0 Å². The minimum absolute atomic E-state index is 0.296. The molecule has 0 amide bonds. The fraction of sp³-hybridized carbons (Fsp3) is 0.222. The zero-order chi connectivity index (χ0) is 20.9. The smallest absolute Gasteiger partial charge is 0.343 e. The standard InChI is InChI=1S/C27H23FO2/c1-2-19-6-8-20(9-7-19)10-11-21-12-14-22(15-13-21)27(29)30-24-16-17-25-23(18-24)4-3-5-26(25)28/h2-5,12-20H,1,6-9H2. The van der Waals surface area contributed by atoms with E-state index in [-0.39, 0.29) is 5.82 Å². The van der Waals surface area contributed by atoms with Gasteiger partial charge in [-0.3, -0.25) is 0 Å². The number of allylic oxidation sites excluding steroid dienone is 1. The molecule has 2 nitrogen and oxygen atoms in total. The Morgan fingerprint density at radius 3 is 2.53 bits per heavy atom. The van der Waals surface area contributed by atoms with Crippen LogP contribution in [0, 0.1) is 29.5 Å². The predicted molar refractivity (Wildman–Crippen MR) is 118 cm³/mol. The summed E-state index contributed by atoms with van der Waals surface area (Å²) >= 11 is 0. The summed E-state index contributed by atoms with van der Waals surface area (Å²) in [5.41, 5.74) is 1.34. The summed E-state index contributed by atoms with van der Waals surface area (Å²) in [6.45, 7) is 3.88. The molecule has 1 saturated carbocycles. The first-order chi connectivity index (χ1) is 14.6. The van der Waals surface area contributed by atoms with E-state index >= 15 is 0 Å². The number of carbonyl (C=O) groups is 1. The minimum atomic E-state index is -0.451. The fourth-order valence-corrected chi connectivity index (χ4v) is 3.83. The van der Waals surface area contributed by atoms with Crippen LogP contribution in [0.15, 0.2) is 73.3 Å². The summed E-state index contributed by atoms with van der Waals surface area (Å²) in [5, 5.41) is 1.19. The van der Waals surface area contributed by atoms with Crippen LogP contribution in [0.3, 0.4) is 0 Å². The Kier molecular flexibility index (Phi) is 5.95. The van der Waals surface area contributed by atoms with Crippen molar-refractivity contribution in [2.75, 3.05) is 0 Å². The molecule has 3 aromatic rings. The molecule has 4 rings (SSSR count). The molecule has 3 heteroatoms. The van der Waals surface area contributed by atoms with Gasteiger partial charge in [0.15, 0.2) is 0 Å². The third-order valence-electron chi connectivity index (χ3n) is 5.66. The van der Waals surface area contributed by atoms with E-state index in [4.69, 9.17) is 4.74 Å². The number of benzene rings is 3. The molecule has 0 radical (unpaired) electrons. The lowest BCUT2D eigenvalue weighted by molar-refractivity contribution is 0.0735. The summed E-state index contributed by atoms with van der Waals surface area (Å²) in [5.74, 6) is 7.29. The maximum Gasteiger partial charge on any atom is 0.343 e. The molecule has 0 atom stereocenters. The Bertz CT molecular complexity index is 1130. The molecule has 0 unspecified atom stereocenters. The summed E-state index contributed by atoms with van der Waals surface area (Å²) in [6, 6.07) is 16.8. The zero-order valence-corrected chi connectivity index (χ0v) is 16.7. The van der Waals surface area contributed by atoms with Crippen LogP contribution in [0.1, 0.15) is 41.6 Å². The second-order valence-electron chi connectivity index (χ2n) is 7.71. The first-order valence-corrected chi connectivity index (χ1v) is 10.3. The van der Waals surface area contributed by atoms with Gasteiger partial charge in [-0.15, -0.1) is 6.58 Å². The van der Waals surface area contributed by atoms with Gasteiger partial charge in [0, 0.05) is 16.9 Å². The van der Waals surface area contributed by atoms with Gasteiger partial charge in [-0.1, -0.05) is 30.0 Å². The lowest BCUT2D eigenvalue weighted by Gasteiger charge is -2.22. The highest BCUT2D eigenvalue weighted by atomic mass is 19.1. The molecule has 1 fully saturated rings. The molecule has 150 valence electrons. The second kappa shape index (κ2) is 8.97. The Morgan fingerprint density at radius 1 is 1.03 bits per heavy atom. The average molecular weight is 398 g/mol. The molecule has 30 heavy (non-hydrogen) atoms. The topological polar surface area (TPSA) is 26.3 Å². The van der Waals surface area contributed by atoms with Crippen LogP contribution in [0.2, 0.25) is 0 Å². The van der Waals surface area contributed by atoms with Crippen molar-refractivity contribution in [3.05, 3.63) is 90.3 Å². The Hall–Kier alpha value is -3.38. The van der Waals surface area contributed by atoms with Gasteiger partial charge in [-0.05, 0) is 85.5 Å². The molecule has 3 aromatic carbocycles. The number of esters is 1. The Balaban J connectivity index is 1.40. The first kappa shape index (κ1) is 19.9. The molecular formula is C27H23FO2. The third-order valence-corrected chi connectivity index (χ3v) is 5.66. The van der Waals surface area contributed by atoms with Gasteiger partial charge >= 0.3 is 5.97 Å². The minimum Gasteiger partial charge on any atom is -0.423 e. The Morgan fingerprint density at radius 2 is 1.80 bits per heavy atom. The molecule has 0 heterocycles. The predicted octanol–water partition coefficient (Wildman–Crippen LogP) is 6.54. The number of ether oxygens (including phenoxy) is 1. The van der Waals surface area contributed by atoms with Crippen molar-refractivity contribution in [3.8, 4) is 17.6 Å². The Labute approximate surface area is 176 Å². The van der Waals surface area contributed by atoms with E-state index < -0.39 is 5.97 Å².